The summed E-state index contributed by atoms with van der Waals surface area (Å²) in [5.41, 5.74) is -0.936. The van der Waals surface area contributed by atoms with Gasteiger partial charge in [-0.3, -0.25) is 13.9 Å². The van der Waals surface area contributed by atoms with Crippen LogP contribution in [0, 0.1) is 0 Å². The smallest absolute Gasteiger partial charge is 0.365 e. The van der Waals surface area contributed by atoms with E-state index >= 15 is 0 Å². The van der Waals surface area contributed by atoms with Crippen LogP contribution in [-0.2, 0) is 29.5 Å². The van der Waals surface area contributed by atoms with E-state index in [0.717, 1.165) is 6.92 Å². The van der Waals surface area contributed by atoms with E-state index in [2.05, 4.69) is 9.18 Å². The Balaban J connectivity index is 0.000000435. The summed E-state index contributed by atoms with van der Waals surface area (Å²) in [7, 11) is -9.66. The van der Waals surface area contributed by atoms with E-state index in [1.165, 1.54) is 0 Å². The minimum atomic E-state index is -5.04. The topological polar surface area (TPSA) is 168 Å². The van der Waals surface area contributed by atoms with Gasteiger partial charge < -0.3 is 9.29 Å². The maximum atomic E-state index is 11.4. The Hall–Kier alpha value is -2.12. The Bertz CT molecular complexity index is 860. The molecule has 138 valence electrons. The molecule has 0 fully saturated rings. The van der Waals surface area contributed by atoms with Crippen molar-refractivity contribution in [3.63, 3.8) is 0 Å². The van der Waals surface area contributed by atoms with Crippen LogP contribution in [0.25, 0.3) is 0 Å². The number of rotatable bonds is 3. The second kappa shape index (κ2) is 8.31. The predicted molar refractivity (Wildman–Crippen MR) is 86.6 cm³/mol. The van der Waals surface area contributed by atoms with E-state index in [4.69, 9.17) is 9.11 Å². The van der Waals surface area contributed by atoms with Crippen molar-refractivity contribution < 1.29 is 40.0 Å². The lowest BCUT2D eigenvalue weighted by Crippen LogP contribution is -2.33. The van der Waals surface area contributed by atoms with Gasteiger partial charge in [0.15, 0.2) is 0 Å². The number of dihydropyridines is 1. The van der Waals surface area contributed by atoms with Crippen molar-refractivity contribution in [1.82, 2.24) is 0 Å². The zero-order valence-corrected chi connectivity index (χ0v) is 14.4. The molecule has 2 rings (SSSR count). The molecule has 3 N–H and O–H groups in total. The van der Waals surface area contributed by atoms with E-state index in [1.807, 2.05) is 36.4 Å². The molecular weight excluding hydrogens is 378 g/mol. The largest absolute Gasteiger partial charge is 0.447 e. The van der Waals surface area contributed by atoms with Crippen LogP contribution in [0.3, 0.4) is 0 Å². The van der Waals surface area contributed by atoms with Gasteiger partial charge in [-0.2, -0.15) is 16.8 Å². The minimum Gasteiger partial charge on any atom is -0.365 e. The first-order valence-corrected chi connectivity index (χ1v) is 9.50. The first kappa shape index (κ1) is 20.9. The zero-order valence-electron chi connectivity index (χ0n) is 12.8. The number of benzene rings is 1. The molecule has 25 heavy (non-hydrogen) atoms. The molecule has 1 atom stereocenters. The standard InChI is InChI=1S/C7H9NO9S2.C6H6/c1-3-4(2-18(11,12)13)7(17-19(14,15)16)8-6(10)5(3)9;1-2-4-6-5-3-1/h6,10H,2H2,1H3,(H,11,12,13)(H,14,15,16);1-6H. The van der Waals surface area contributed by atoms with Crippen molar-refractivity contribution in [2.45, 2.75) is 13.2 Å². The van der Waals surface area contributed by atoms with Crippen molar-refractivity contribution >= 4 is 32.2 Å². The number of carbonyl (C=O) groups excluding carboxylic acids is 1. The van der Waals surface area contributed by atoms with Crippen LogP contribution < -0.4 is 0 Å². The summed E-state index contributed by atoms with van der Waals surface area (Å²) in [6, 6.07) is 12.0. The molecule has 0 amide bonds. The summed E-state index contributed by atoms with van der Waals surface area (Å²) in [6.07, 6.45) is -1.98. The van der Waals surface area contributed by atoms with E-state index in [1.54, 1.807) is 0 Å². The van der Waals surface area contributed by atoms with Gasteiger partial charge in [-0.25, -0.2) is 4.99 Å². The van der Waals surface area contributed by atoms with Crippen molar-refractivity contribution in [3.05, 3.63) is 47.5 Å². The molecule has 12 heteroatoms. The number of ketones is 1. The van der Waals surface area contributed by atoms with Crippen LogP contribution in [0.2, 0.25) is 0 Å². The maximum Gasteiger partial charge on any atom is 0.447 e. The molecule has 1 heterocycles. The number of nitrogens with zero attached hydrogens (tertiary/aromatic N) is 1. The zero-order chi connectivity index (χ0) is 19.3. The first-order valence-electron chi connectivity index (χ1n) is 6.53. The second-order valence-corrected chi connectivity index (χ2v) is 7.14. The highest BCUT2D eigenvalue weighted by molar-refractivity contribution is 7.86. The average Bonchev–Trinajstić information content (AvgIpc) is 2.49. The highest BCUT2D eigenvalue weighted by atomic mass is 32.3. The minimum absolute atomic E-state index is 0.362. The fraction of sp³-hybridized carbons (Fsp3) is 0.231. The Kier molecular flexibility index (Phi) is 6.96. The van der Waals surface area contributed by atoms with Gasteiger partial charge >= 0.3 is 10.4 Å². The summed E-state index contributed by atoms with van der Waals surface area (Å²) in [5, 5.41) is 9.19. The van der Waals surface area contributed by atoms with Gasteiger partial charge in [0.05, 0.1) is 0 Å². The van der Waals surface area contributed by atoms with Crippen molar-refractivity contribution in [2.75, 3.05) is 5.75 Å². The van der Waals surface area contributed by atoms with Gasteiger partial charge in [0.1, 0.15) is 5.75 Å². The number of Topliss-reactive ketones (excluding diaryl/α,β-unsaturated/α-hetero) is 1. The Labute approximate surface area is 144 Å². The Morgan fingerprint density at radius 1 is 1.04 bits per heavy atom. The summed E-state index contributed by atoms with van der Waals surface area (Å²) < 4.78 is 63.8. The summed E-state index contributed by atoms with van der Waals surface area (Å²) in [6.45, 7) is 1.08. The second-order valence-electron chi connectivity index (χ2n) is 4.67. The third kappa shape index (κ3) is 7.53. The number of aliphatic hydroxyl groups is 1. The van der Waals surface area contributed by atoms with E-state index < -0.39 is 49.8 Å². The van der Waals surface area contributed by atoms with Crippen LogP contribution >= 0.6 is 0 Å². The van der Waals surface area contributed by atoms with E-state index in [0.29, 0.717) is 0 Å². The monoisotopic (exact) mass is 393 g/mol. The molecule has 0 saturated carbocycles. The molecule has 1 aliphatic rings. The normalized spacial score (nSPS) is 18.2. The Morgan fingerprint density at radius 3 is 1.84 bits per heavy atom. The molecule has 1 aromatic carbocycles. The third-order valence-corrected chi connectivity index (χ3v) is 3.75. The van der Waals surface area contributed by atoms with Crippen LogP contribution in [-0.4, -0.2) is 54.7 Å². The molecule has 0 radical (unpaired) electrons. The van der Waals surface area contributed by atoms with Crippen molar-refractivity contribution in [3.8, 4) is 0 Å². The quantitative estimate of drug-likeness (QED) is 0.598. The highest BCUT2D eigenvalue weighted by Gasteiger charge is 2.33. The van der Waals surface area contributed by atoms with E-state index in [-0.39, 0.29) is 5.57 Å². The van der Waals surface area contributed by atoms with Gasteiger partial charge in [0, 0.05) is 11.1 Å². The molecule has 1 unspecified atom stereocenters. The number of aliphatic imine (C=N–C) groups is 1. The fourth-order valence-corrected chi connectivity index (χ4v) is 2.71. The molecule has 0 aromatic heterocycles. The van der Waals surface area contributed by atoms with Gasteiger partial charge in [-0.05, 0) is 6.92 Å². The molecule has 0 aliphatic carbocycles. The van der Waals surface area contributed by atoms with Crippen LogP contribution in [0.5, 0.6) is 0 Å². The van der Waals surface area contributed by atoms with Crippen molar-refractivity contribution in [1.29, 1.82) is 0 Å². The molecule has 0 spiro atoms. The number of aliphatic hydroxyl groups excluding tert-OH is 1. The fourth-order valence-electron chi connectivity index (χ4n) is 1.66. The molecule has 1 aliphatic heterocycles. The van der Waals surface area contributed by atoms with E-state index in [9.17, 15) is 26.7 Å². The number of hydrogen-bond acceptors (Lipinski definition) is 8. The average molecular weight is 393 g/mol. The maximum absolute atomic E-state index is 11.4. The SMILES string of the molecule is CC1=C(CS(=O)(=O)O)C(OS(=O)(=O)O)=NC(O)C1=O.c1ccccc1. The highest BCUT2D eigenvalue weighted by Crippen LogP contribution is 2.20. The van der Waals surface area contributed by atoms with Crippen molar-refractivity contribution in [2.24, 2.45) is 4.99 Å². The lowest BCUT2D eigenvalue weighted by molar-refractivity contribution is -0.123. The lowest BCUT2D eigenvalue weighted by atomic mass is 10.0. The van der Waals surface area contributed by atoms with Crippen LogP contribution in [0.15, 0.2) is 52.5 Å². The number of carbonyl (C=O) groups is 1. The summed E-state index contributed by atoms with van der Waals surface area (Å²) in [4.78, 5) is 14.5. The molecule has 0 bridgehead atoms. The summed E-state index contributed by atoms with van der Waals surface area (Å²) in [5.74, 6) is -3.13. The lowest BCUT2D eigenvalue weighted by Gasteiger charge is -2.18. The predicted octanol–water partition coefficient (Wildman–Crippen LogP) is -0.00370. The van der Waals surface area contributed by atoms with Crippen LogP contribution in [0.1, 0.15) is 6.92 Å². The van der Waals surface area contributed by atoms with Crippen LogP contribution in [0.4, 0.5) is 0 Å². The van der Waals surface area contributed by atoms with Gasteiger partial charge in [0.2, 0.25) is 17.9 Å². The molecular formula is C13H15NO9S2. The summed E-state index contributed by atoms with van der Waals surface area (Å²) >= 11 is 0. The molecule has 0 saturated heterocycles. The molecule has 10 nitrogen and oxygen atoms in total. The van der Waals surface area contributed by atoms with Gasteiger partial charge in [-0.1, -0.05) is 36.4 Å². The first-order chi connectivity index (χ1) is 11.4. The van der Waals surface area contributed by atoms with Gasteiger partial charge in [0.25, 0.3) is 10.1 Å². The van der Waals surface area contributed by atoms with Gasteiger partial charge in [-0.15, -0.1) is 0 Å². The molecule has 1 aromatic rings. The number of hydrogen-bond donors (Lipinski definition) is 3. The third-order valence-electron chi connectivity index (χ3n) is 2.73. The Morgan fingerprint density at radius 2 is 1.48 bits per heavy atom.